The average molecular weight is 166 g/mol. The lowest BCUT2D eigenvalue weighted by molar-refractivity contribution is -0.120. The zero-order valence-corrected chi connectivity index (χ0v) is 7.18. The Bertz CT molecular complexity index is 191. The fourth-order valence-electron chi connectivity index (χ4n) is 1.33. The first-order valence-corrected chi connectivity index (χ1v) is 4.46. The van der Waals surface area contributed by atoms with Gasteiger partial charge in [0.05, 0.1) is 6.07 Å². The smallest absolute Gasteiger partial charge is 0.234 e. The minimum absolute atomic E-state index is 0.00926. The molecule has 0 atom stereocenters. The quantitative estimate of drug-likeness (QED) is 0.682. The second kappa shape index (κ2) is 4.76. The molecule has 1 amide bonds. The van der Waals surface area contributed by atoms with Crippen LogP contribution in [0.1, 0.15) is 32.1 Å². The summed E-state index contributed by atoms with van der Waals surface area (Å²) in [4.78, 5) is 10.8. The Balaban J connectivity index is 1.94. The van der Waals surface area contributed by atoms with E-state index in [0.717, 1.165) is 18.9 Å². The van der Waals surface area contributed by atoms with Crippen LogP contribution in [0.3, 0.4) is 0 Å². The van der Waals surface area contributed by atoms with Gasteiger partial charge in [-0.15, -0.1) is 0 Å². The summed E-state index contributed by atoms with van der Waals surface area (Å²) >= 11 is 0. The van der Waals surface area contributed by atoms with Crippen LogP contribution >= 0.6 is 0 Å². The monoisotopic (exact) mass is 166 g/mol. The van der Waals surface area contributed by atoms with Crippen molar-refractivity contribution in [3.8, 4) is 6.07 Å². The van der Waals surface area contributed by atoms with E-state index in [0.29, 0.717) is 0 Å². The Hall–Kier alpha value is -1.04. The van der Waals surface area contributed by atoms with Gasteiger partial charge >= 0.3 is 0 Å². The second-order valence-corrected chi connectivity index (χ2v) is 3.27. The van der Waals surface area contributed by atoms with Gasteiger partial charge in [-0.3, -0.25) is 4.79 Å². The van der Waals surface area contributed by atoms with Crippen LogP contribution in [0.25, 0.3) is 0 Å². The molecule has 12 heavy (non-hydrogen) atoms. The highest BCUT2D eigenvalue weighted by Crippen LogP contribution is 2.28. The molecule has 0 aromatic heterocycles. The summed E-state index contributed by atoms with van der Waals surface area (Å²) in [6.07, 6.45) is 5.04. The van der Waals surface area contributed by atoms with Gasteiger partial charge in [-0.2, -0.15) is 5.26 Å². The van der Waals surface area contributed by atoms with E-state index in [1.807, 2.05) is 6.07 Å². The Kier molecular flexibility index (Phi) is 3.59. The van der Waals surface area contributed by atoms with Crippen LogP contribution in [-0.4, -0.2) is 12.5 Å². The molecule has 0 spiro atoms. The number of hydrogen-bond acceptors (Lipinski definition) is 2. The fraction of sp³-hybridized carbons (Fsp3) is 0.778. The Labute approximate surface area is 72.8 Å². The molecule has 1 aliphatic carbocycles. The van der Waals surface area contributed by atoms with Crippen LogP contribution in [0.2, 0.25) is 0 Å². The normalized spacial score (nSPS) is 16.2. The number of nitrogens with zero attached hydrogens (tertiary/aromatic N) is 1. The molecule has 3 nitrogen and oxygen atoms in total. The molecule has 0 aliphatic heterocycles. The molecule has 0 radical (unpaired) electrons. The van der Waals surface area contributed by atoms with Crippen molar-refractivity contribution >= 4 is 5.91 Å². The van der Waals surface area contributed by atoms with E-state index in [4.69, 9.17) is 5.26 Å². The summed E-state index contributed by atoms with van der Waals surface area (Å²) in [5, 5.41) is 10.9. The van der Waals surface area contributed by atoms with Gasteiger partial charge in [0.15, 0.2) is 0 Å². The van der Waals surface area contributed by atoms with Gasteiger partial charge in [-0.1, -0.05) is 19.3 Å². The SMILES string of the molecule is N#CCC(=O)NCCC1CCC1. The zero-order valence-electron chi connectivity index (χ0n) is 7.18. The van der Waals surface area contributed by atoms with Gasteiger partial charge in [0.2, 0.25) is 5.91 Å². The number of amides is 1. The molecule has 1 rings (SSSR count). The first-order valence-electron chi connectivity index (χ1n) is 4.46. The number of rotatable bonds is 4. The molecule has 0 bridgehead atoms. The van der Waals surface area contributed by atoms with Gasteiger partial charge < -0.3 is 5.32 Å². The Morgan fingerprint density at radius 2 is 2.33 bits per heavy atom. The summed E-state index contributed by atoms with van der Waals surface area (Å²) in [6, 6.07) is 1.82. The van der Waals surface area contributed by atoms with Crippen molar-refractivity contribution in [3.05, 3.63) is 0 Å². The van der Waals surface area contributed by atoms with Crippen molar-refractivity contribution in [3.63, 3.8) is 0 Å². The van der Waals surface area contributed by atoms with Crippen LogP contribution in [0, 0.1) is 17.2 Å². The molecule has 66 valence electrons. The lowest BCUT2D eigenvalue weighted by Crippen LogP contribution is -2.26. The lowest BCUT2D eigenvalue weighted by atomic mass is 9.83. The van der Waals surface area contributed by atoms with Crippen LogP contribution in [0.5, 0.6) is 0 Å². The highest BCUT2D eigenvalue weighted by Gasteiger charge is 2.16. The Morgan fingerprint density at radius 1 is 1.58 bits per heavy atom. The lowest BCUT2D eigenvalue weighted by Gasteiger charge is -2.24. The molecule has 1 N–H and O–H groups in total. The number of nitriles is 1. The Morgan fingerprint density at radius 3 is 2.83 bits per heavy atom. The van der Waals surface area contributed by atoms with E-state index in [9.17, 15) is 4.79 Å². The number of carbonyl (C=O) groups is 1. The molecule has 0 aromatic carbocycles. The molecule has 0 aromatic rings. The van der Waals surface area contributed by atoms with Crippen molar-refractivity contribution in [2.75, 3.05) is 6.54 Å². The van der Waals surface area contributed by atoms with Gasteiger partial charge in [-0.05, 0) is 12.3 Å². The van der Waals surface area contributed by atoms with Crippen molar-refractivity contribution in [2.24, 2.45) is 5.92 Å². The van der Waals surface area contributed by atoms with E-state index in [1.165, 1.54) is 19.3 Å². The van der Waals surface area contributed by atoms with E-state index in [2.05, 4.69) is 5.32 Å². The van der Waals surface area contributed by atoms with Crippen LogP contribution in [0.4, 0.5) is 0 Å². The van der Waals surface area contributed by atoms with E-state index in [-0.39, 0.29) is 12.3 Å². The number of nitrogens with one attached hydrogen (secondary N) is 1. The minimum Gasteiger partial charge on any atom is -0.355 e. The van der Waals surface area contributed by atoms with Crippen LogP contribution in [-0.2, 0) is 4.79 Å². The maximum absolute atomic E-state index is 10.8. The molecule has 0 unspecified atom stereocenters. The summed E-state index contributed by atoms with van der Waals surface area (Å²) in [6.45, 7) is 0.741. The summed E-state index contributed by atoms with van der Waals surface area (Å²) in [5.41, 5.74) is 0. The van der Waals surface area contributed by atoms with Crippen LogP contribution < -0.4 is 5.32 Å². The largest absolute Gasteiger partial charge is 0.355 e. The van der Waals surface area contributed by atoms with Crippen molar-refractivity contribution in [2.45, 2.75) is 32.1 Å². The molecule has 1 fully saturated rings. The number of hydrogen-bond donors (Lipinski definition) is 1. The summed E-state index contributed by atoms with van der Waals surface area (Å²) < 4.78 is 0. The van der Waals surface area contributed by atoms with Crippen LogP contribution in [0.15, 0.2) is 0 Å². The van der Waals surface area contributed by atoms with E-state index >= 15 is 0 Å². The van der Waals surface area contributed by atoms with Gasteiger partial charge in [0.1, 0.15) is 6.42 Å². The van der Waals surface area contributed by atoms with Crippen molar-refractivity contribution in [1.29, 1.82) is 5.26 Å². The fourth-order valence-corrected chi connectivity index (χ4v) is 1.33. The predicted octanol–water partition coefficient (Wildman–Crippen LogP) is 1.21. The van der Waals surface area contributed by atoms with Crippen molar-refractivity contribution in [1.82, 2.24) is 5.32 Å². The van der Waals surface area contributed by atoms with Gasteiger partial charge in [-0.25, -0.2) is 0 Å². The minimum atomic E-state index is -0.142. The third-order valence-corrected chi connectivity index (χ3v) is 2.34. The molecular weight excluding hydrogens is 152 g/mol. The predicted molar refractivity (Wildman–Crippen MR) is 45.2 cm³/mol. The standard InChI is InChI=1S/C9H14N2O/c10-6-4-9(12)11-7-5-8-2-1-3-8/h8H,1-5,7H2,(H,11,12). The summed E-state index contributed by atoms with van der Waals surface area (Å²) in [5.74, 6) is 0.684. The van der Waals surface area contributed by atoms with Gasteiger partial charge in [0, 0.05) is 6.54 Å². The third kappa shape index (κ3) is 2.91. The van der Waals surface area contributed by atoms with E-state index in [1.54, 1.807) is 0 Å². The first kappa shape index (κ1) is 9.05. The molecule has 0 heterocycles. The molecule has 0 saturated heterocycles. The zero-order chi connectivity index (χ0) is 8.81. The third-order valence-electron chi connectivity index (χ3n) is 2.34. The topological polar surface area (TPSA) is 52.9 Å². The molecular formula is C9H14N2O. The van der Waals surface area contributed by atoms with Crippen molar-refractivity contribution < 1.29 is 4.79 Å². The maximum Gasteiger partial charge on any atom is 0.234 e. The molecule has 1 saturated carbocycles. The average Bonchev–Trinajstić information content (AvgIpc) is 1.95. The molecule has 3 heteroatoms. The summed E-state index contributed by atoms with van der Waals surface area (Å²) in [7, 11) is 0. The number of carbonyl (C=O) groups excluding carboxylic acids is 1. The highest BCUT2D eigenvalue weighted by molar-refractivity contribution is 5.77. The van der Waals surface area contributed by atoms with Gasteiger partial charge in [0.25, 0.3) is 0 Å². The first-order chi connectivity index (χ1) is 5.83. The highest BCUT2D eigenvalue weighted by atomic mass is 16.1. The maximum atomic E-state index is 10.8. The second-order valence-electron chi connectivity index (χ2n) is 3.27. The molecule has 1 aliphatic rings. The van der Waals surface area contributed by atoms with E-state index < -0.39 is 0 Å².